The first-order valence-electron chi connectivity index (χ1n) is 12.7. The number of likely N-dealkylation sites (N-methyl/N-ethyl adjacent to an activating group) is 1. The van der Waals surface area contributed by atoms with Crippen LogP contribution in [0.1, 0.15) is 50.0 Å². The zero-order valence-corrected chi connectivity index (χ0v) is 21.9. The van der Waals surface area contributed by atoms with Crippen LogP contribution in [-0.2, 0) is 10.0 Å². The van der Waals surface area contributed by atoms with Gasteiger partial charge in [-0.15, -0.1) is 0 Å². The molecule has 2 saturated heterocycles. The highest BCUT2D eigenvalue weighted by Gasteiger charge is 2.28. The first-order valence-corrected chi connectivity index (χ1v) is 14.5. The summed E-state index contributed by atoms with van der Waals surface area (Å²) in [6, 6.07) is 17.3. The van der Waals surface area contributed by atoms with Gasteiger partial charge >= 0.3 is 0 Å². The summed E-state index contributed by atoms with van der Waals surface area (Å²) >= 11 is 6.30. The standard InChI is InChI=1S/C27H38ClN3O2S/c1-29(34(32,33)27-11-4-2-5-12-27)22-24(23-9-8-10-25(28)21-23)13-18-30-19-14-26(15-20-30)31-16-6-3-7-17-31/h2,4-5,8-12,21,24,26H,3,6-7,13-20,22H2,1H3. The molecule has 2 aromatic rings. The number of benzene rings is 2. The number of hydrogen-bond acceptors (Lipinski definition) is 4. The first-order chi connectivity index (χ1) is 16.4. The van der Waals surface area contributed by atoms with Gasteiger partial charge in [0, 0.05) is 24.7 Å². The van der Waals surface area contributed by atoms with Gasteiger partial charge in [0.2, 0.25) is 10.0 Å². The molecule has 0 N–H and O–H groups in total. The molecule has 1 atom stereocenters. The normalized spacial score (nSPS) is 20.0. The van der Waals surface area contributed by atoms with Gasteiger partial charge in [0.1, 0.15) is 0 Å². The Labute approximate surface area is 210 Å². The Morgan fingerprint density at radius 3 is 2.35 bits per heavy atom. The van der Waals surface area contributed by atoms with E-state index in [0.717, 1.165) is 37.7 Å². The maximum absolute atomic E-state index is 13.1. The van der Waals surface area contributed by atoms with Crippen LogP contribution < -0.4 is 0 Å². The highest BCUT2D eigenvalue weighted by atomic mass is 35.5. The predicted octanol–water partition coefficient (Wildman–Crippen LogP) is 5.08. The van der Waals surface area contributed by atoms with Crippen molar-refractivity contribution in [2.75, 3.05) is 46.3 Å². The molecule has 0 spiro atoms. The number of rotatable bonds is 9. The molecule has 34 heavy (non-hydrogen) atoms. The van der Waals surface area contributed by atoms with Crippen LogP contribution in [0.3, 0.4) is 0 Å². The van der Waals surface area contributed by atoms with Crippen molar-refractivity contribution in [1.82, 2.24) is 14.1 Å². The lowest BCUT2D eigenvalue weighted by molar-refractivity contribution is 0.0910. The lowest BCUT2D eigenvalue weighted by Gasteiger charge is -2.40. The maximum Gasteiger partial charge on any atom is 0.242 e. The number of sulfonamides is 1. The second-order valence-electron chi connectivity index (χ2n) is 9.81. The van der Waals surface area contributed by atoms with Crippen molar-refractivity contribution in [2.45, 2.75) is 55.4 Å². The molecule has 2 aliphatic rings. The fourth-order valence-electron chi connectivity index (χ4n) is 5.43. The summed E-state index contributed by atoms with van der Waals surface area (Å²) in [5, 5.41) is 0.693. The summed E-state index contributed by atoms with van der Waals surface area (Å²) in [6.45, 7) is 6.20. The minimum atomic E-state index is -3.53. The fraction of sp³-hybridized carbons (Fsp3) is 0.556. The number of hydrogen-bond donors (Lipinski definition) is 0. The third kappa shape index (κ3) is 6.61. The van der Waals surface area contributed by atoms with E-state index < -0.39 is 10.0 Å². The van der Waals surface area contributed by atoms with E-state index >= 15 is 0 Å². The van der Waals surface area contributed by atoms with Crippen LogP contribution in [-0.4, -0.2) is 74.9 Å². The van der Waals surface area contributed by atoms with E-state index in [1.165, 1.54) is 49.5 Å². The SMILES string of the molecule is CN(CC(CCN1CCC(N2CCCCC2)CC1)c1cccc(Cl)c1)S(=O)(=O)c1ccccc1. The van der Waals surface area contributed by atoms with Gasteiger partial charge in [0.15, 0.2) is 0 Å². The average Bonchev–Trinajstić information content (AvgIpc) is 2.87. The van der Waals surface area contributed by atoms with Crippen molar-refractivity contribution in [1.29, 1.82) is 0 Å². The van der Waals surface area contributed by atoms with E-state index in [9.17, 15) is 8.42 Å². The molecule has 0 saturated carbocycles. The third-order valence-electron chi connectivity index (χ3n) is 7.51. The van der Waals surface area contributed by atoms with E-state index in [2.05, 4.69) is 15.9 Å². The molecule has 0 bridgehead atoms. The number of likely N-dealkylation sites (tertiary alicyclic amines) is 2. The zero-order valence-electron chi connectivity index (χ0n) is 20.3. The molecule has 2 aromatic carbocycles. The smallest absolute Gasteiger partial charge is 0.242 e. The summed E-state index contributed by atoms with van der Waals surface area (Å²) in [5.41, 5.74) is 1.10. The molecule has 0 aliphatic carbocycles. The van der Waals surface area contributed by atoms with E-state index in [0.29, 0.717) is 16.5 Å². The second-order valence-corrected chi connectivity index (χ2v) is 12.3. The van der Waals surface area contributed by atoms with Gasteiger partial charge in [-0.1, -0.05) is 48.4 Å². The van der Waals surface area contributed by atoms with Gasteiger partial charge in [0.25, 0.3) is 0 Å². The van der Waals surface area contributed by atoms with Crippen molar-refractivity contribution < 1.29 is 8.42 Å². The minimum absolute atomic E-state index is 0.0852. The monoisotopic (exact) mass is 503 g/mol. The molecule has 2 heterocycles. The van der Waals surface area contributed by atoms with Gasteiger partial charge in [-0.3, -0.25) is 0 Å². The Morgan fingerprint density at radius 1 is 0.971 bits per heavy atom. The van der Waals surface area contributed by atoms with Gasteiger partial charge in [0.05, 0.1) is 4.90 Å². The molecule has 4 rings (SSSR count). The molecule has 186 valence electrons. The van der Waals surface area contributed by atoms with Gasteiger partial charge in [-0.05, 0) is 101 Å². The third-order valence-corrected chi connectivity index (χ3v) is 9.58. The quantitative estimate of drug-likeness (QED) is 0.478. The van der Waals surface area contributed by atoms with Crippen molar-refractivity contribution in [2.24, 2.45) is 0 Å². The van der Waals surface area contributed by atoms with E-state index in [4.69, 9.17) is 11.6 Å². The molecule has 0 aromatic heterocycles. The van der Waals surface area contributed by atoms with Crippen LogP contribution in [0.15, 0.2) is 59.5 Å². The highest BCUT2D eigenvalue weighted by molar-refractivity contribution is 7.89. The summed E-state index contributed by atoms with van der Waals surface area (Å²) in [7, 11) is -1.85. The van der Waals surface area contributed by atoms with E-state index in [1.54, 1.807) is 31.3 Å². The Bertz CT molecular complexity index is 1000. The summed E-state index contributed by atoms with van der Waals surface area (Å²) < 4.78 is 27.8. The molecular formula is C27H38ClN3O2S. The van der Waals surface area contributed by atoms with Crippen molar-refractivity contribution in [3.8, 4) is 0 Å². The minimum Gasteiger partial charge on any atom is -0.303 e. The predicted molar refractivity (Wildman–Crippen MR) is 140 cm³/mol. The van der Waals surface area contributed by atoms with Crippen LogP contribution in [0.5, 0.6) is 0 Å². The van der Waals surface area contributed by atoms with Crippen molar-refractivity contribution in [3.05, 3.63) is 65.2 Å². The summed E-state index contributed by atoms with van der Waals surface area (Å²) in [4.78, 5) is 5.60. The zero-order chi connectivity index (χ0) is 24.0. The van der Waals surface area contributed by atoms with E-state index in [-0.39, 0.29) is 5.92 Å². The second kappa shape index (κ2) is 12.0. The molecular weight excluding hydrogens is 466 g/mol. The van der Waals surface area contributed by atoms with E-state index in [1.807, 2.05) is 24.3 Å². The lowest BCUT2D eigenvalue weighted by atomic mass is 9.94. The van der Waals surface area contributed by atoms with Crippen LogP contribution in [0.25, 0.3) is 0 Å². The first kappa shape index (κ1) is 25.6. The Hall–Kier alpha value is -1.44. The molecule has 2 fully saturated rings. The summed E-state index contributed by atoms with van der Waals surface area (Å²) in [6.07, 6.45) is 7.47. The largest absolute Gasteiger partial charge is 0.303 e. The molecule has 5 nitrogen and oxygen atoms in total. The average molecular weight is 504 g/mol. The molecule has 0 radical (unpaired) electrons. The number of piperidine rings is 2. The molecule has 2 aliphatic heterocycles. The van der Waals surface area contributed by atoms with Gasteiger partial charge in [-0.25, -0.2) is 12.7 Å². The van der Waals surface area contributed by atoms with Crippen molar-refractivity contribution >= 4 is 21.6 Å². The molecule has 1 unspecified atom stereocenters. The topological polar surface area (TPSA) is 43.9 Å². The number of nitrogens with zero attached hydrogens (tertiary/aromatic N) is 3. The van der Waals surface area contributed by atoms with Crippen LogP contribution in [0.2, 0.25) is 5.02 Å². The van der Waals surface area contributed by atoms with Gasteiger partial charge in [-0.2, -0.15) is 0 Å². The Balaban J connectivity index is 1.39. The molecule has 0 amide bonds. The molecule has 7 heteroatoms. The fourth-order valence-corrected chi connectivity index (χ4v) is 6.87. The summed E-state index contributed by atoms with van der Waals surface area (Å²) in [5.74, 6) is 0.0852. The maximum atomic E-state index is 13.1. The van der Waals surface area contributed by atoms with Crippen molar-refractivity contribution in [3.63, 3.8) is 0 Å². The van der Waals surface area contributed by atoms with Gasteiger partial charge < -0.3 is 9.80 Å². The van der Waals surface area contributed by atoms with Crippen LogP contribution in [0.4, 0.5) is 0 Å². The Morgan fingerprint density at radius 2 is 1.68 bits per heavy atom. The number of halogens is 1. The highest BCUT2D eigenvalue weighted by Crippen LogP contribution is 2.27. The van der Waals surface area contributed by atoms with Crippen LogP contribution in [0, 0.1) is 0 Å². The Kier molecular flexibility index (Phi) is 9.05. The lowest BCUT2D eigenvalue weighted by Crippen LogP contribution is -2.47. The van der Waals surface area contributed by atoms with Crippen LogP contribution >= 0.6 is 11.6 Å².